The number of rotatable bonds is 5. The fourth-order valence-electron chi connectivity index (χ4n) is 1.27. The molecule has 0 unspecified atom stereocenters. The minimum atomic E-state index is -0.330. The van der Waals surface area contributed by atoms with Gasteiger partial charge >= 0.3 is 0 Å². The van der Waals surface area contributed by atoms with Crippen molar-refractivity contribution in [2.45, 2.75) is 20.3 Å². The van der Waals surface area contributed by atoms with Crippen molar-refractivity contribution in [1.29, 1.82) is 0 Å². The Kier molecular flexibility index (Phi) is 4.76. The molecule has 1 aromatic rings. The first-order valence-electron chi connectivity index (χ1n) is 5.40. The highest BCUT2D eigenvalue weighted by Gasteiger charge is 2.04. The highest BCUT2D eigenvalue weighted by molar-refractivity contribution is 5.80. The lowest BCUT2D eigenvalue weighted by Gasteiger charge is -2.08. The first-order chi connectivity index (χ1) is 7.63. The van der Waals surface area contributed by atoms with Gasteiger partial charge in [-0.15, -0.1) is 0 Å². The Morgan fingerprint density at radius 2 is 2.19 bits per heavy atom. The normalized spacial score (nSPS) is 9.94. The van der Waals surface area contributed by atoms with E-state index >= 15 is 0 Å². The summed E-state index contributed by atoms with van der Waals surface area (Å²) in [5, 5.41) is 5.47. The van der Waals surface area contributed by atoms with Crippen LogP contribution in [0.5, 0.6) is 0 Å². The van der Waals surface area contributed by atoms with E-state index in [1.54, 1.807) is 12.1 Å². The Morgan fingerprint density at radius 3 is 2.81 bits per heavy atom. The van der Waals surface area contributed by atoms with Crippen molar-refractivity contribution in [2.75, 3.05) is 18.4 Å². The number of anilines is 1. The second-order valence-electron chi connectivity index (χ2n) is 3.69. The summed E-state index contributed by atoms with van der Waals surface area (Å²) in [6.07, 6.45) is 0.893. The van der Waals surface area contributed by atoms with Gasteiger partial charge < -0.3 is 10.6 Å². The minimum Gasteiger partial charge on any atom is -0.374 e. The van der Waals surface area contributed by atoms with Crippen LogP contribution in [-0.2, 0) is 4.79 Å². The van der Waals surface area contributed by atoms with E-state index in [1.807, 2.05) is 13.8 Å². The van der Waals surface area contributed by atoms with Crippen molar-refractivity contribution < 1.29 is 9.18 Å². The molecule has 4 heteroatoms. The fraction of sp³-hybridized carbons (Fsp3) is 0.417. The predicted octanol–water partition coefficient (Wildman–Crippen LogP) is 2.07. The van der Waals surface area contributed by atoms with E-state index in [0.29, 0.717) is 12.2 Å². The van der Waals surface area contributed by atoms with Crippen molar-refractivity contribution in [1.82, 2.24) is 5.32 Å². The summed E-state index contributed by atoms with van der Waals surface area (Å²) >= 11 is 0. The summed E-state index contributed by atoms with van der Waals surface area (Å²) in [6, 6.07) is 4.87. The monoisotopic (exact) mass is 224 g/mol. The molecule has 0 heterocycles. The van der Waals surface area contributed by atoms with Crippen molar-refractivity contribution in [2.24, 2.45) is 0 Å². The van der Waals surface area contributed by atoms with Crippen LogP contribution < -0.4 is 10.6 Å². The van der Waals surface area contributed by atoms with Gasteiger partial charge in [0.2, 0.25) is 5.91 Å². The van der Waals surface area contributed by atoms with Crippen LogP contribution in [-0.4, -0.2) is 19.0 Å². The number of hydrogen-bond acceptors (Lipinski definition) is 2. The molecule has 1 amide bonds. The van der Waals surface area contributed by atoms with Gasteiger partial charge in [-0.1, -0.05) is 13.0 Å². The van der Waals surface area contributed by atoms with E-state index in [4.69, 9.17) is 0 Å². The number of aryl methyl sites for hydroxylation is 1. The third-order valence-electron chi connectivity index (χ3n) is 2.14. The fourth-order valence-corrected chi connectivity index (χ4v) is 1.27. The van der Waals surface area contributed by atoms with Gasteiger partial charge in [-0.05, 0) is 31.0 Å². The summed E-state index contributed by atoms with van der Waals surface area (Å²) in [5.41, 5.74) is 1.22. The topological polar surface area (TPSA) is 41.1 Å². The Bertz CT molecular complexity index is 366. The lowest BCUT2D eigenvalue weighted by molar-refractivity contribution is -0.119. The molecule has 16 heavy (non-hydrogen) atoms. The van der Waals surface area contributed by atoms with E-state index < -0.39 is 0 Å². The Balaban J connectivity index is 2.45. The molecule has 0 aliphatic carbocycles. The molecule has 1 aromatic carbocycles. The molecule has 0 radical (unpaired) electrons. The smallest absolute Gasteiger partial charge is 0.239 e. The molecule has 0 bridgehead atoms. The average Bonchev–Trinajstić information content (AvgIpc) is 2.25. The van der Waals surface area contributed by atoms with Gasteiger partial charge in [0, 0.05) is 6.54 Å². The largest absolute Gasteiger partial charge is 0.374 e. The maximum absolute atomic E-state index is 13.4. The summed E-state index contributed by atoms with van der Waals surface area (Å²) in [7, 11) is 0. The number of carbonyl (C=O) groups is 1. The van der Waals surface area contributed by atoms with Crippen LogP contribution >= 0.6 is 0 Å². The van der Waals surface area contributed by atoms with E-state index in [9.17, 15) is 9.18 Å². The van der Waals surface area contributed by atoms with Crippen LogP contribution in [0.4, 0.5) is 10.1 Å². The molecule has 0 aromatic heterocycles. The van der Waals surface area contributed by atoms with Gasteiger partial charge in [0.25, 0.3) is 0 Å². The third-order valence-corrected chi connectivity index (χ3v) is 2.14. The molecule has 2 N–H and O–H groups in total. The van der Waals surface area contributed by atoms with Gasteiger partial charge in [0.1, 0.15) is 5.82 Å². The molecule has 0 fully saturated rings. The van der Waals surface area contributed by atoms with Gasteiger partial charge in [0.05, 0.1) is 12.2 Å². The molecular weight excluding hydrogens is 207 g/mol. The lowest BCUT2D eigenvalue weighted by atomic mass is 10.2. The van der Waals surface area contributed by atoms with Crippen LogP contribution in [0.15, 0.2) is 18.2 Å². The van der Waals surface area contributed by atoms with E-state index in [0.717, 1.165) is 12.0 Å². The lowest BCUT2D eigenvalue weighted by Crippen LogP contribution is -2.30. The summed E-state index contributed by atoms with van der Waals surface area (Å²) in [4.78, 5) is 11.3. The molecular formula is C12H17FN2O. The SMILES string of the molecule is CCCNC(=O)CNc1ccc(C)cc1F. The highest BCUT2D eigenvalue weighted by atomic mass is 19.1. The Labute approximate surface area is 95.0 Å². The highest BCUT2D eigenvalue weighted by Crippen LogP contribution is 2.14. The predicted molar refractivity (Wildman–Crippen MR) is 62.9 cm³/mol. The van der Waals surface area contributed by atoms with Crippen LogP contribution in [0.1, 0.15) is 18.9 Å². The van der Waals surface area contributed by atoms with Crippen molar-refractivity contribution in [3.05, 3.63) is 29.6 Å². The quantitative estimate of drug-likeness (QED) is 0.804. The number of halogens is 1. The number of benzene rings is 1. The van der Waals surface area contributed by atoms with Crippen LogP contribution in [0.25, 0.3) is 0 Å². The molecule has 0 spiro atoms. The summed E-state index contributed by atoms with van der Waals surface area (Å²) in [6.45, 7) is 4.55. The van der Waals surface area contributed by atoms with E-state index in [-0.39, 0.29) is 18.3 Å². The molecule has 0 aliphatic rings. The second kappa shape index (κ2) is 6.10. The Hall–Kier alpha value is -1.58. The minimum absolute atomic E-state index is 0.0972. The van der Waals surface area contributed by atoms with Crippen molar-refractivity contribution in [3.8, 4) is 0 Å². The van der Waals surface area contributed by atoms with Crippen LogP contribution in [0, 0.1) is 12.7 Å². The summed E-state index contributed by atoms with van der Waals surface area (Å²) in [5.74, 6) is -0.454. The van der Waals surface area contributed by atoms with Crippen molar-refractivity contribution >= 4 is 11.6 Å². The van der Waals surface area contributed by atoms with Gasteiger partial charge in [-0.25, -0.2) is 4.39 Å². The van der Waals surface area contributed by atoms with Crippen molar-refractivity contribution in [3.63, 3.8) is 0 Å². The maximum Gasteiger partial charge on any atom is 0.239 e. The maximum atomic E-state index is 13.4. The summed E-state index contributed by atoms with van der Waals surface area (Å²) < 4.78 is 13.4. The number of amides is 1. The molecule has 0 aliphatic heterocycles. The van der Waals surface area contributed by atoms with Gasteiger partial charge in [-0.3, -0.25) is 4.79 Å². The number of hydrogen-bond donors (Lipinski definition) is 2. The molecule has 0 saturated carbocycles. The van der Waals surface area contributed by atoms with Crippen LogP contribution in [0.2, 0.25) is 0 Å². The van der Waals surface area contributed by atoms with Gasteiger partial charge in [-0.2, -0.15) is 0 Å². The first-order valence-corrected chi connectivity index (χ1v) is 5.40. The second-order valence-corrected chi connectivity index (χ2v) is 3.69. The zero-order chi connectivity index (χ0) is 12.0. The average molecular weight is 224 g/mol. The molecule has 0 atom stereocenters. The zero-order valence-electron chi connectivity index (χ0n) is 9.64. The third kappa shape index (κ3) is 3.88. The molecule has 0 saturated heterocycles. The number of carbonyl (C=O) groups excluding carboxylic acids is 1. The van der Waals surface area contributed by atoms with Crippen LogP contribution in [0.3, 0.4) is 0 Å². The molecule has 3 nitrogen and oxygen atoms in total. The van der Waals surface area contributed by atoms with E-state index in [2.05, 4.69) is 10.6 Å². The molecule has 88 valence electrons. The standard InChI is InChI=1S/C12H17FN2O/c1-3-6-14-12(16)8-15-11-5-4-9(2)7-10(11)13/h4-5,7,15H,3,6,8H2,1-2H3,(H,14,16). The van der Waals surface area contributed by atoms with Gasteiger partial charge in [0.15, 0.2) is 0 Å². The zero-order valence-corrected chi connectivity index (χ0v) is 9.64. The first kappa shape index (κ1) is 12.5. The Morgan fingerprint density at radius 1 is 1.44 bits per heavy atom. The number of nitrogens with one attached hydrogen (secondary N) is 2. The molecule has 1 rings (SSSR count). The van der Waals surface area contributed by atoms with E-state index in [1.165, 1.54) is 6.07 Å².